The van der Waals surface area contributed by atoms with Gasteiger partial charge in [0.05, 0.1) is 23.1 Å². The number of aryl methyl sites for hydroxylation is 3. The Morgan fingerprint density at radius 1 is 1.44 bits per heavy atom. The smallest absolute Gasteiger partial charge is 0.0897 e. The molecule has 0 spiro atoms. The van der Waals surface area contributed by atoms with Crippen LogP contribution in [0.4, 0.5) is 0 Å². The number of hydrogen-bond donors (Lipinski definition) is 2. The third-order valence-corrected chi connectivity index (χ3v) is 2.99. The zero-order valence-corrected chi connectivity index (χ0v) is 10.9. The van der Waals surface area contributed by atoms with E-state index in [9.17, 15) is 0 Å². The second kappa shape index (κ2) is 5.24. The molecule has 0 aliphatic rings. The largest absolute Gasteiger partial charge is 0.271 e. The van der Waals surface area contributed by atoms with Gasteiger partial charge < -0.3 is 0 Å². The minimum absolute atomic E-state index is 0.123. The molecule has 0 aliphatic carbocycles. The first-order valence-corrected chi connectivity index (χ1v) is 5.94. The van der Waals surface area contributed by atoms with E-state index in [1.54, 1.807) is 10.9 Å². The predicted molar refractivity (Wildman–Crippen MR) is 68.5 cm³/mol. The molecule has 1 atom stereocenters. The quantitative estimate of drug-likeness (QED) is 0.611. The van der Waals surface area contributed by atoms with E-state index in [0.717, 1.165) is 29.1 Å². The fourth-order valence-corrected chi connectivity index (χ4v) is 2.06. The zero-order valence-electron chi connectivity index (χ0n) is 10.9. The summed E-state index contributed by atoms with van der Waals surface area (Å²) in [5.74, 6) is 5.70. The number of nitrogens with one attached hydrogen (secondary N) is 1. The van der Waals surface area contributed by atoms with Crippen LogP contribution in [0, 0.1) is 6.92 Å². The number of aromatic nitrogens is 4. The van der Waals surface area contributed by atoms with Crippen molar-refractivity contribution < 1.29 is 0 Å². The fraction of sp³-hybridized carbons (Fsp3) is 0.417. The molecule has 1 unspecified atom stereocenters. The minimum Gasteiger partial charge on any atom is -0.271 e. The Hall–Kier alpha value is -1.79. The molecule has 6 nitrogen and oxygen atoms in total. The van der Waals surface area contributed by atoms with Gasteiger partial charge in [-0.15, -0.1) is 0 Å². The second-order valence-electron chi connectivity index (χ2n) is 4.22. The molecule has 0 fully saturated rings. The van der Waals surface area contributed by atoms with E-state index in [1.165, 1.54) is 0 Å². The van der Waals surface area contributed by atoms with Crippen LogP contribution < -0.4 is 11.3 Å². The standard InChI is InChI=1S/C12H18N6/c1-4-10-9(7-8(2)16-17-10)12(15-13)11-5-6-14-18(11)3/h5-7,12,15H,4,13H2,1-3H3. The van der Waals surface area contributed by atoms with Crippen molar-refractivity contribution in [2.24, 2.45) is 12.9 Å². The van der Waals surface area contributed by atoms with Gasteiger partial charge in [-0.05, 0) is 25.5 Å². The molecule has 0 aromatic carbocycles. The van der Waals surface area contributed by atoms with Crippen LogP contribution >= 0.6 is 0 Å². The molecule has 2 heterocycles. The summed E-state index contributed by atoms with van der Waals surface area (Å²) >= 11 is 0. The third kappa shape index (κ3) is 2.25. The fourth-order valence-electron chi connectivity index (χ4n) is 2.06. The number of rotatable bonds is 4. The number of hydrogen-bond acceptors (Lipinski definition) is 5. The molecule has 18 heavy (non-hydrogen) atoms. The van der Waals surface area contributed by atoms with Crippen molar-refractivity contribution in [3.8, 4) is 0 Å². The SMILES string of the molecule is CCc1nnc(C)cc1C(NN)c1ccnn1C. The molecule has 2 rings (SSSR count). The molecular formula is C12H18N6. The lowest BCUT2D eigenvalue weighted by atomic mass is 10.0. The summed E-state index contributed by atoms with van der Waals surface area (Å²) in [6.45, 7) is 3.98. The average Bonchev–Trinajstić information content (AvgIpc) is 2.77. The molecule has 2 aromatic rings. The molecule has 0 bridgehead atoms. The van der Waals surface area contributed by atoms with E-state index in [2.05, 4.69) is 27.6 Å². The molecule has 0 saturated carbocycles. The summed E-state index contributed by atoms with van der Waals surface area (Å²) in [6.07, 6.45) is 2.57. The first-order valence-electron chi connectivity index (χ1n) is 5.94. The van der Waals surface area contributed by atoms with Gasteiger partial charge in [0.15, 0.2) is 0 Å². The van der Waals surface area contributed by atoms with Gasteiger partial charge in [-0.2, -0.15) is 15.3 Å². The second-order valence-corrected chi connectivity index (χ2v) is 4.22. The van der Waals surface area contributed by atoms with Gasteiger partial charge in [0, 0.05) is 18.8 Å². The lowest BCUT2D eigenvalue weighted by molar-refractivity contribution is 0.566. The monoisotopic (exact) mass is 246 g/mol. The van der Waals surface area contributed by atoms with Crippen LogP contribution in [0.15, 0.2) is 18.3 Å². The Bertz CT molecular complexity index is 533. The molecule has 0 amide bonds. The van der Waals surface area contributed by atoms with E-state index >= 15 is 0 Å². The lowest BCUT2D eigenvalue weighted by Gasteiger charge is -2.19. The maximum atomic E-state index is 5.70. The van der Waals surface area contributed by atoms with Crippen molar-refractivity contribution in [2.75, 3.05) is 0 Å². The minimum atomic E-state index is -0.123. The summed E-state index contributed by atoms with van der Waals surface area (Å²) in [6, 6.07) is 3.84. The van der Waals surface area contributed by atoms with Crippen LogP contribution in [-0.2, 0) is 13.5 Å². The van der Waals surface area contributed by atoms with Crippen molar-refractivity contribution in [1.82, 2.24) is 25.4 Å². The molecule has 6 heteroatoms. The number of nitrogens with zero attached hydrogens (tertiary/aromatic N) is 4. The van der Waals surface area contributed by atoms with Gasteiger partial charge in [-0.25, -0.2) is 5.43 Å². The Balaban J connectivity index is 2.51. The van der Waals surface area contributed by atoms with Crippen molar-refractivity contribution in [3.05, 3.63) is 41.0 Å². The summed E-state index contributed by atoms with van der Waals surface area (Å²) < 4.78 is 1.81. The topological polar surface area (TPSA) is 81.7 Å². The first-order chi connectivity index (χ1) is 8.67. The Morgan fingerprint density at radius 3 is 2.78 bits per heavy atom. The zero-order chi connectivity index (χ0) is 13.1. The summed E-state index contributed by atoms with van der Waals surface area (Å²) in [7, 11) is 1.90. The van der Waals surface area contributed by atoms with Gasteiger partial charge in [0.1, 0.15) is 0 Å². The van der Waals surface area contributed by atoms with Crippen LogP contribution in [0.3, 0.4) is 0 Å². The van der Waals surface area contributed by atoms with Gasteiger partial charge in [0.2, 0.25) is 0 Å². The Morgan fingerprint density at radius 2 is 2.22 bits per heavy atom. The lowest BCUT2D eigenvalue weighted by Crippen LogP contribution is -2.31. The van der Waals surface area contributed by atoms with E-state index in [-0.39, 0.29) is 6.04 Å². The van der Waals surface area contributed by atoms with Crippen molar-refractivity contribution in [2.45, 2.75) is 26.3 Å². The molecule has 0 radical (unpaired) electrons. The highest BCUT2D eigenvalue weighted by Crippen LogP contribution is 2.23. The molecule has 0 saturated heterocycles. The van der Waals surface area contributed by atoms with Crippen LogP contribution in [0.5, 0.6) is 0 Å². The predicted octanol–water partition coefficient (Wildman–Crippen LogP) is 0.634. The Labute approximate surface area is 106 Å². The highest BCUT2D eigenvalue weighted by Gasteiger charge is 2.19. The van der Waals surface area contributed by atoms with E-state index in [0.29, 0.717) is 0 Å². The summed E-state index contributed by atoms with van der Waals surface area (Å²) in [4.78, 5) is 0. The first kappa shape index (κ1) is 12.7. The molecule has 3 N–H and O–H groups in total. The van der Waals surface area contributed by atoms with Crippen molar-refractivity contribution >= 4 is 0 Å². The van der Waals surface area contributed by atoms with E-state index in [1.807, 2.05) is 26.1 Å². The number of hydrazine groups is 1. The summed E-state index contributed by atoms with van der Waals surface area (Å²) in [5, 5.41) is 12.5. The highest BCUT2D eigenvalue weighted by atomic mass is 15.3. The van der Waals surface area contributed by atoms with Crippen LogP contribution in [0.1, 0.15) is 35.6 Å². The molecular weight excluding hydrogens is 228 g/mol. The van der Waals surface area contributed by atoms with E-state index in [4.69, 9.17) is 5.84 Å². The van der Waals surface area contributed by atoms with Crippen LogP contribution in [0.25, 0.3) is 0 Å². The highest BCUT2D eigenvalue weighted by molar-refractivity contribution is 5.31. The molecule has 0 aliphatic heterocycles. The molecule has 2 aromatic heterocycles. The third-order valence-electron chi connectivity index (χ3n) is 2.99. The summed E-state index contributed by atoms with van der Waals surface area (Å²) in [5.41, 5.74) is 6.71. The van der Waals surface area contributed by atoms with Gasteiger partial charge in [0.25, 0.3) is 0 Å². The molecule has 96 valence electrons. The normalized spacial score (nSPS) is 12.7. The van der Waals surface area contributed by atoms with Crippen LogP contribution in [-0.4, -0.2) is 20.0 Å². The Kier molecular flexibility index (Phi) is 3.69. The van der Waals surface area contributed by atoms with Gasteiger partial charge in [-0.1, -0.05) is 6.92 Å². The van der Waals surface area contributed by atoms with Crippen molar-refractivity contribution in [1.29, 1.82) is 0 Å². The van der Waals surface area contributed by atoms with Gasteiger partial charge in [-0.3, -0.25) is 10.5 Å². The van der Waals surface area contributed by atoms with Crippen LogP contribution in [0.2, 0.25) is 0 Å². The van der Waals surface area contributed by atoms with E-state index < -0.39 is 0 Å². The average molecular weight is 246 g/mol. The van der Waals surface area contributed by atoms with Crippen molar-refractivity contribution in [3.63, 3.8) is 0 Å². The maximum absolute atomic E-state index is 5.70. The maximum Gasteiger partial charge on any atom is 0.0897 e. The van der Waals surface area contributed by atoms with Gasteiger partial charge >= 0.3 is 0 Å². The number of nitrogens with two attached hydrogens (primary N) is 1.